The van der Waals surface area contributed by atoms with Gasteiger partial charge < -0.3 is 5.32 Å². The van der Waals surface area contributed by atoms with Gasteiger partial charge in [0, 0.05) is 24.2 Å². The largest absolute Gasteiger partial charge is 0.307 e. The third-order valence-electron chi connectivity index (χ3n) is 3.58. The van der Waals surface area contributed by atoms with Crippen molar-refractivity contribution in [2.45, 2.75) is 38.3 Å². The van der Waals surface area contributed by atoms with Gasteiger partial charge in [0.1, 0.15) is 5.01 Å². The van der Waals surface area contributed by atoms with Crippen molar-refractivity contribution in [3.63, 3.8) is 0 Å². The van der Waals surface area contributed by atoms with Crippen LogP contribution in [-0.4, -0.2) is 11.0 Å². The summed E-state index contributed by atoms with van der Waals surface area (Å²) in [6, 6.07) is 0.789. The van der Waals surface area contributed by atoms with Crippen molar-refractivity contribution in [3.8, 4) is 0 Å². The first-order valence-corrected chi connectivity index (χ1v) is 6.43. The highest BCUT2D eigenvalue weighted by Gasteiger charge is 2.44. The van der Waals surface area contributed by atoms with Crippen LogP contribution >= 0.6 is 11.3 Å². The van der Waals surface area contributed by atoms with Crippen LogP contribution in [0.3, 0.4) is 0 Å². The molecule has 2 fully saturated rings. The zero-order valence-corrected chi connectivity index (χ0v) is 9.09. The molecular weight excluding hydrogens is 192 g/mol. The molecule has 0 radical (unpaired) electrons. The molecule has 0 aliphatic heterocycles. The van der Waals surface area contributed by atoms with Crippen LogP contribution in [-0.2, 0) is 6.54 Å². The average Bonchev–Trinajstić information content (AvgIpc) is 2.83. The van der Waals surface area contributed by atoms with Gasteiger partial charge in [-0.3, -0.25) is 0 Å². The van der Waals surface area contributed by atoms with Gasteiger partial charge in [-0.1, -0.05) is 12.8 Å². The van der Waals surface area contributed by atoms with Crippen LogP contribution in [0.1, 0.15) is 30.7 Å². The molecule has 3 atom stereocenters. The number of fused-ring (bicyclic) bond motifs is 1. The third-order valence-corrected chi connectivity index (χ3v) is 4.36. The fourth-order valence-corrected chi connectivity index (χ4v) is 3.29. The molecule has 0 bridgehead atoms. The summed E-state index contributed by atoms with van der Waals surface area (Å²) in [6.45, 7) is 0.978. The molecule has 0 aromatic carbocycles. The fraction of sp³-hybridized carbons (Fsp3) is 0.727. The van der Waals surface area contributed by atoms with Crippen LogP contribution in [0.4, 0.5) is 0 Å². The summed E-state index contributed by atoms with van der Waals surface area (Å²) < 4.78 is 0. The molecule has 2 aliphatic rings. The van der Waals surface area contributed by atoms with E-state index in [9.17, 15) is 0 Å². The number of nitrogens with one attached hydrogen (secondary N) is 1. The molecule has 1 aromatic rings. The highest BCUT2D eigenvalue weighted by atomic mass is 32.1. The standard InChI is InChI=1S/C11H16N2S/c1-2-8-6-9(8)10(3-1)13-7-11-12-4-5-14-11/h4-5,8-10,13H,1-3,6-7H2/t8-,9+,10?/m1/s1. The quantitative estimate of drug-likeness (QED) is 0.825. The van der Waals surface area contributed by atoms with Crippen molar-refractivity contribution in [2.24, 2.45) is 11.8 Å². The van der Waals surface area contributed by atoms with Crippen LogP contribution in [0.2, 0.25) is 0 Å². The molecule has 2 aliphatic carbocycles. The average molecular weight is 208 g/mol. The van der Waals surface area contributed by atoms with Gasteiger partial charge in [0.2, 0.25) is 0 Å². The molecule has 0 spiro atoms. The Hall–Kier alpha value is -0.410. The minimum atomic E-state index is 0.789. The molecule has 0 saturated heterocycles. The Labute approximate surface area is 88.7 Å². The van der Waals surface area contributed by atoms with Crippen molar-refractivity contribution in [2.75, 3.05) is 0 Å². The Morgan fingerprint density at radius 2 is 2.50 bits per heavy atom. The van der Waals surface area contributed by atoms with Gasteiger partial charge in [0.25, 0.3) is 0 Å². The summed E-state index contributed by atoms with van der Waals surface area (Å²) in [5, 5.41) is 6.95. The number of rotatable bonds is 3. The number of hydrogen-bond donors (Lipinski definition) is 1. The third kappa shape index (κ3) is 1.71. The Morgan fingerprint density at radius 3 is 3.36 bits per heavy atom. The molecule has 2 saturated carbocycles. The summed E-state index contributed by atoms with van der Waals surface area (Å²) in [5.74, 6) is 2.07. The summed E-state index contributed by atoms with van der Waals surface area (Å²) in [5.41, 5.74) is 0. The van der Waals surface area contributed by atoms with E-state index in [0.29, 0.717) is 0 Å². The number of hydrogen-bond acceptors (Lipinski definition) is 3. The van der Waals surface area contributed by atoms with Gasteiger partial charge >= 0.3 is 0 Å². The molecule has 76 valence electrons. The lowest BCUT2D eigenvalue weighted by molar-refractivity contribution is 0.352. The summed E-state index contributed by atoms with van der Waals surface area (Å²) in [7, 11) is 0. The Morgan fingerprint density at radius 1 is 1.50 bits per heavy atom. The van der Waals surface area contributed by atoms with Gasteiger partial charge in [-0.25, -0.2) is 4.98 Å². The Kier molecular flexibility index (Phi) is 2.30. The van der Waals surface area contributed by atoms with Crippen LogP contribution < -0.4 is 5.32 Å². The maximum Gasteiger partial charge on any atom is 0.106 e. The molecule has 1 aromatic heterocycles. The molecule has 2 nitrogen and oxygen atoms in total. The second-order valence-corrected chi connectivity index (χ2v) is 5.48. The molecule has 14 heavy (non-hydrogen) atoms. The fourth-order valence-electron chi connectivity index (χ4n) is 2.72. The van der Waals surface area contributed by atoms with Crippen molar-refractivity contribution in [1.82, 2.24) is 10.3 Å². The van der Waals surface area contributed by atoms with Crippen LogP contribution in [0, 0.1) is 11.8 Å². The molecule has 3 heteroatoms. The topological polar surface area (TPSA) is 24.9 Å². The van der Waals surface area contributed by atoms with E-state index in [-0.39, 0.29) is 0 Å². The lowest BCUT2D eigenvalue weighted by atomic mass is 9.95. The first kappa shape index (κ1) is 8.86. The highest BCUT2D eigenvalue weighted by molar-refractivity contribution is 7.09. The minimum absolute atomic E-state index is 0.789. The van der Waals surface area contributed by atoms with Gasteiger partial charge in [-0.2, -0.15) is 0 Å². The maximum absolute atomic E-state index is 4.30. The second-order valence-electron chi connectivity index (χ2n) is 4.50. The monoisotopic (exact) mass is 208 g/mol. The first-order chi connectivity index (χ1) is 6.93. The number of thiazole rings is 1. The van der Waals surface area contributed by atoms with E-state index in [1.54, 1.807) is 11.3 Å². The predicted octanol–water partition coefficient (Wildman–Crippen LogP) is 2.42. The normalized spacial score (nSPS) is 35.3. The molecular formula is C11H16N2S. The van der Waals surface area contributed by atoms with Crippen molar-refractivity contribution in [3.05, 3.63) is 16.6 Å². The Bertz CT molecular complexity index is 296. The molecule has 1 heterocycles. The lowest BCUT2D eigenvalue weighted by Crippen LogP contribution is -2.33. The van der Waals surface area contributed by atoms with E-state index in [4.69, 9.17) is 0 Å². The van der Waals surface area contributed by atoms with Gasteiger partial charge in [0.05, 0.1) is 0 Å². The van der Waals surface area contributed by atoms with Gasteiger partial charge in [0.15, 0.2) is 0 Å². The predicted molar refractivity (Wildman–Crippen MR) is 58.2 cm³/mol. The van der Waals surface area contributed by atoms with E-state index in [2.05, 4.69) is 15.7 Å². The van der Waals surface area contributed by atoms with E-state index < -0.39 is 0 Å². The molecule has 3 rings (SSSR count). The smallest absolute Gasteiger partial charge is 0.106 e. The highest BCUT2D eigenvalue weighted by Crippen LogP contribution is 2.49. The zero-order chi connectivity index (χ0) is 9.38. The first-order valence-electron chi connectivity index (χ1n) is 5.55. The van der Waals surface area contributed by atoms with Crippen LogP contribution in [0.25, 0.3) is 0 Å². The van der Waals surface area contributed by atoms with Crippen LogP contribution in [0.15, 0.2) is 11.6 Å². The summed E-state index contributed by atoms with van der Waals surface area (Å²) in [4.78, 5) is 4.30. The second kappa shape index (κ2) is 3.63. The SMILES string of the molecule is c1csc(CNC2CCC[C@@H]3C[C@H]23)n1. The summed E-state index contributed by atoms with van der Waals surface area (Å²) >= 11 is 1.75. The van der Waals surface area contributed by atoms with E-state index in [0.717, 1.165) is 24.4 Å². The Balaban J connectivity index is 1.52. The van der Waals surface area contributed by atoms with Crippen LogP contribution in [0.5, 0.6) is 0 Å². The van der Waals surface area contributed by atoms with Gasteiger partial charge in [-0.15, -0.1) is 11.3 Å². The van der Waals surface area contributed by atoms with E-state index in [1.165, 1.54) is 30.7 Å². The lowest BCUT2D eigenvalue weighted by Gasteiger charge is -2.22. The van der Waals surface area contributed by atoms with Gasteiger partial charge in [-0.05, 0) is 24.7 Å². The van der Waals surface area contributed by atoms with Crippen molar-refractivity contribution < 1.29 is 0 Å². The number of aromatic nitrogens is 1. The molecule has 0 amide bonds. The minimum Gasteiger partial charge on any atom is -0.307 e. The van der Waals surface area contributed by atoms with Crippen molar-refractivity contribution >= 4 is 11.3 Å². The number of nitrogens with zero attached hydrogens (tertiary/aromatic N) is 1. The van der Waals surface area contributed by atoms with E-state index >= 15 is 0 Å². The summed E-state index contributed by atoms with van der Waals surface area (Å²) in [6.07, 6.45) is 7.67. The van der Waals surface area contributed by atoms with E-state index in [1.807, 2.05) is 6.20 Å². The molecule has 1 unspecified atom stereocenters. The maximum atomic E-state index is 4.30. The molecule has 1 N–H and O–H groups in total. The van der Waals surface area contributed by atoms with Crippen molar-refractivity contribution in [1.29, 1.82) is 0 Å². The zero-order valence-electron chi connectivity index (χ0n) is 8.28.